The summed E-state index contributed by atoms with van der Waals surface area (Å²) >= 11 is 0. The summed E-state index contributed by atoms with van der Waals surface area (Å²) in [6.07, 6.45) is 63.2. The average molecular weight is 1260 g/mol. The van der Waals surface area contributed by atoms with Gasteiger partial charge >= 0.3 is 0 Å². The third-order valence-electron chi connectivity index (χ3n) is 17.9. The molecule has 0 aromatic heterocycles. The summed E-state index contributed by atoms with van der Waals surface area (Å²) in [5.74, 6) is -0.245. The van der Waals surface area contributed by atoms with Gasteiger partial charge in [-0.25, -0.2) is 0 Å². The Morgan fingerprint density at radius 2 is 0.753 bits per heavy atom. The second kappa shape index (κ2) is 59.4. The molecule has 0 radical (unpaired) electrons. The van der Waals surface area contributed by atoms with Gasteiger partial charge in [0.25, 0.3) is 0 Å². The molecule has 2 rings (SSSR count). The first-order valence-electron chi connectivity index (χ1n) is 37.0. The van der Waals surface area contributed by atoms with Crippen molar-refractivity contribution in [2.75, 3.05) is 19.8 Å². The summed E-state index contributed by atoms with van der Waals surface area (Å²) in [5.41, 5.74) is 0. The second-order valence-electron chi connectivity index (χ2n) is 26.1. The zero-order chi connectivity index (χ0) is 64.5. The molecule has 12 atom stereocenters. The van der Waals surface area contributed by atoms with E-state index >= 15 is 0 Å². The van der Waals surface area contributed by atoms with Crippen molar-refractivity contribution >= 4 is 5.91 Å². The molecule has 0 spiro atoms. The van der Waals surface area contributed by atoms with Crippen molar-refractivity contribution < 1.29 is 64.6 Å². The highest BCUT2D eigenvalue weighted by molar-refractivity contribution is 5.76. The van der Waals surface area contributed by atoms with Crippen molar-refractivity contribution in [3.8, 4) is 0 Å². The molecule has 2 heterocycles. The zero-order valence-corrected chi connectivity index (χ0v) is 56.7. The van der Waals surface area contributed by atoms with Crippen molar-refractivity contribution in [3.05, 3.63) is 60.8 Å². The largest absolute Gasteiger partial charge is 0.394 e. The lowest BCUT2D eigenvalue weighted by Crippen LogP contribution is -2.65. The van der Waals surface area contributed by atoms with Crippen LogP contribution >= 0.6 is 0 Å². The number of hydrogen-bond acceptors (Lipinski definition) is 13. The third kappa shape index (κ3) is 43.3. The van der Waals surface area contributed by atoms with Gasteiger partial charge < -0.3 is 65.1 Å². The lowest BCUT2D eigenvalue weighted by Gasteiger charge is -2.46. The molecule has 2 aliphatic heterocycles. The Morgan fingerprint density at radius 3 is 1.18 bits per heavy atom. The van der Waals surface area contributed by atoms with Crippen LogP contribution in [0.3, 0.4) is 0 Å². The molecule has 9 N–H and O–H groups in total. The minimum atomic E-state index is -1.79. The first-order valence-corrected chi connectivity index (χ1v) is 37.0. The maximum atomic E-state index is 13.3. The fourth-order valence-corrected chi connectivity index (χ4v) is 12.0. The standard InChI is InChI=1S/C75H137NO13/c1-3-5-7-9-11-13-15-17-19-20-21-22-23-24-25-26-27-28-29-30-31-32-33-34-35-36-37-38-39-40-41-42-43-44-45-47-49-51-53-55-57-59-67(80)76-63(64(79)58-56-54-52-50-48-46-18-16-14-12-10-8-6-4-2)62-86-74-72(85)70(83)73(66(61-78)88-74)89-75-71(84)69(82)68(81)65(60-77)87-75/h15,17,20-21,23-24,48,50,56,58,63-66,68-75,77-79,81-85H,3-14,16,18-19,22,25-47,49,51-55,57,59-62H2,1-2H3,(H,76,80)/b17-15-,21-20-,24-23-,50-48+,58-56+. The fourth-order valence-electron chi connectivity index (χ4n) is 12.0. The Hall–Kier alpha value is -2.31. The van der Waals surface area contributed by atoms with Crippen LogP contribution in [0, 0.1) is 0 Å². The molecule has 12 unspecified atom stereocenters. The molecule has 0 saturated carbocycles. The Labute approximate surface area is 543 Å². The van der Waals surface area contributed by atoms with Gasteiger partial charge in [-0.2, -0.15) is 0 Å². The lowest BCUT2D eigenvalue weighted by molar-refractivity contribution is -0.359. The van der Waals surface area contributed by atoms with Crippen LogP contribution < -0.4 is 5.32 Å². The van der Waals surface area contributed by atoms with Crippen molar-refractivity contribution in [1.29, 1.82) is 0 Å². The summed E-state index contributed by atoms with van der Waals surface area (Å²) in [6, 6.07) is -0.931. The second-order valence-corrected chi connectivity index (χ2v) is 26.1. The zero-order valence-electron chi connectivity index (χ0n) is 56.7. The van der Waals surface area contributed by atoms with E-state index in [1.807, 2.05) is 6.08 Å². The smallest absolute Gasteiger partial charge is 0.220 e. The van der Waals surface area contributed by atoms with E-state index in [9.17, 15) is 45.6 Å². The van der Waals surface area contributed by atoms with Crippen LogP contribution in [0.5, 0.6) is 0 Å². The van der Waals surface area contributed by atoms with Crippen LogP contribution in [0.2, 0.25) is 0 Å². The minimum Gasteiger partial charge on any atom is -0.394 e. The Balaban J connectivity index is 1.54. The molecule has 2 saturated heterocycles. The van der Waals surface area contributed by atoms with Crippen molar-refractivity contribution in [1.82, 2.24) is 5.32 Å². The normalized spacial score (nSPS) is 23.3. The molecular weight excluding hydrogens is 1120 g/mol. The van der Waals surface area contributed by atoms with E-state index in [0.717, 1.165) is 44.9 Å². The van der Waals surface area contributed by atoms with E-state index in [0.29, 0.717) is 12.8 Å². The summed E-state index contributed by atoms with van der Waals surface area (Å²) < 4.78 is 22.8. The number of unbranched alkanes of at least 4 members (excludes halogenated alkanes) is 40. The molecule has 14 nitrogen and oxygen atoms in total. The van der Waals surface area contributed by atoms with Crippen LogP contribution in [0.4, 0.5) is 0 Å². The van der Waals surface area contributed by atoms with E-state index < -0.39 is 86.8 Å². The molecule has 1 amide bonds. The number of hydrogen-bond donors (Lipinski definition) is 9. The van der Waals surface area contributed by atoms with Gasteiger partial charge in [0.15, 0.2) is 12.6 Å². The third-order valence-corrected chi connectivity index (χ3v) is 17.9. The molecular formula is C75H137NO13. The number of rotatable bonds is 61. The summed E-state index contributed by atoms with van der Waals surface area (Å²) in [7, 11) is 0. The van der Waals surface area contributed by atoms with Gasteiger partial charge in [-0.3, -0.25) is 4.79 Å². The molecule has 0 aromatic carbocycles. The number of aliphatic hydroxyl groups is 8. The number of aliphatic hydroxyl groups excluding tert-OH is 8. The predicted octanol–water partition coefficient (Wildman–Crippen LogP) is 15.6. The van der Waals surface area contributed by atoms with Crippen molar-refractivity contribution in [2.24, 2.45) is 0 Å². The van der Waals surface area contributed by atoms with Gasteiger partial charge in [0.05, 0.1) is 32.0 Å². The van der Waals surface area contributed by atoms with Crippen LogP contribution in [0.1, 0.15) is 316 Å². The minimum absolute atomic E-state index is 0.245. The topological polar surface area (TPSA) is 228 Å². The highest BCUT2D eigenvalue weighted by atomic mass is 16.7. The van der Waals surface area contributed by atoms with E-state index in [1.54, 1.807) is 6.08 Å². The molecule has 520 valence electrons. The Bertz CT molecular complexity index is 1720. The number of carbonyl (C=O) groups is 1. The van der Waals surface area contributed by atoms with E-state index in [-0.39, 0.29) is 18.9 Å². The van der Waals surface area contributed by atoms with E-state index in [1.165, 1.54) is 238 Å². The molecule has 0 aliphatic carbocycles. The number of carbonyl (C=O) groups excluding carboxylic acids is 1. The average Bonchev–Trinajstić information content (AvgIpc) is 2.74. The first-order chi connectivity index (χ1) is 43.6. The summed E-state index contributed by atoms with van der Waals surface area (Å²) in [5, 5.41) is 87.2. The molecule has 14 heteroatoms. The Kier molecular flexibility index (Phi) is 55.3. The molecule has 0 bridgehead atoms. The molecule has 2 fully saturated rings. The summed E-state index contributed by atoms with van der Waals surface area (Å²) in [4.78, 5) is 13.3. The SMILES string of the molecule is CCCCCCC/C=C\C/C=C\C/C=C\CCCCCCCCCCCCCCCCCCCCCCCCCCCCC(=O)NC(COC1OC(CO)C(OC2OC(CO)C(O)C(O)C2O)C(O)C1O)C(O)/C=C/CC/C=C/CCCCCCCCCC. The van der Waals surface area contributed by atoms with Gasteiger partial charge in [0, 0.05) is 6.42 Å². The lowest BCUT2D eigenvalue weighted by atomic mass is 9.97. The van der Waals surface area contributed by atoms with Crippen LogP contribution in [0.15, 0.2) is 60.8 Å². The van der Waals surface area contributed by atoms with Crippen LogP contribution in [0.25, 0.3) is 0 Å². The quantitative estimate of drug-likeness (QED) is 0.0204. The molecule has 2 aliphatic rings. The fraction of sp³-hybridized carbons (Fsp3) is 0.853. The number of allylic oxidation sites excluding steroid dienone is 9. The highest BCUT2D eigenvalue weighted by Gasteiger charge is 2.51. The van der Waals surface area contributed by atoms with Crippen LogP contribution in [-0.2, 0) is 23.7 Å². The number of amides is 1. The predicted molar refractivity (Wildman–Crippen MR) is 364 cm³/mol. The van der Waals surface area contributed by atoms with E-state index in [2.05, 4.69) is 67.8 Å². The van der Waals surface area contributed by atoms with Crippen molar-refractivity contribution in [3.63, 3.8) is 0 Å². The van der Waals surface area contributed by atoms with E-state index in [4.69, 9.17) is 18.9 Å². The monoisotopic (exact) mass is 1260 g/mol. The number of ether oxygens (including phenoxy) is 4. The maximum absolute atomic E-state index is 13.3. The van der Waals surface area contributed by atoms with Gasteiger partial charge in [-0.05, 0) is 70.6 Å². The summed E-state index contributed by atoms with van der Waals surface area (Å²) in [6.45, 7) is 2.78. The molecule has 89 heavy (non-hydrogen) atoms. The first kappa shape index (κ1) is 82.8. The van der Waals surface area contributed by atoms with Gasteiger partial charge in [-0.15, -0.1) is 0 Å². The highest BCUT2D eigenvalue weighted by Crippen LogP contribution is 2.30. The van der Waals surface area contributed by atoms with Crippen LogP contribution in [-0.4, -0.2) is 140 Å². The van der Waals surface area contributed by atoms with Gasteiger partial charge in [-0.1, -0.05) is 299 Å². The number of nitrogens with one attached hydrogen (secondary N) is 1. The maximum Gasteiger partial charge on any atom is 0.220 e. The van der Waals surface area contributed by atoms with Crippen molar-refractivity contribution in [2.45, 2.75) is 389 Å². The van der Waals surface area contributed by atoms with Gasteiger partial charge in [0.1, 0.15) is 48.8 Å². The Morgan fingerprint density at radius 1 is 0.404 bits per heavy atom. The van der Waals surface area contributed by atoms with Gasteiger partial charge in [0.2, 0.25) is 5.91 Å². The molecule has 0 aromatic rings.